The van der Waals surface area contributed by atoms with Gasteiger partial charge in [0.2, 0.25) is 5.91 Å². The molecule has 15 heavy (non-hydrogen) atoms. The first-order chi connectivity index (χ1) is 7.10. The van der Waals surface area contributed by atoms with Crippen molar-refractivity contribution < 1.29 is 9.59 Å². The van der Waals surface area contributed by atoms with Gasteiger partial charge in [-0.1, -0.05) is 20.3 Å². The smallest absolute Gasteiger partial charge is 0.259 e. The number of carbonyl (C=O) groups is 2. The molecule has 0 spiro atoms. The summed E-state index contributed by atoms with van der Waals surface area (Å²) >= 11 is 0. The summed E-state index contributed by atoms with van der Waals surface area (Å²) in [7, 11) is 0. The minimum absolute atomic E-state index is 0.279. The number of carbonyl (C=O) groups excluding carboxylic acids is 2. The molecule has 5 nitrogen and oxygen atoms in total. The molecule has 2 atom stereocenters. The van der Waals surface area contributed by atoms with Crippen LogP contribution in [0.25, 0.3) is 0 Å². The first-order valence-electron chi connectivity index (χ1n) is 5.29. The molecule has 1 aliphatic heterocycles. The molecule has 0 aromatic heterocycles. The first-order valence-corrected chi connectivity index (χ1v) is 5.29. The van der Waals surface area contributed by atoms with Crippen molar-refractivity contribution in [1.82, 2.24) is 5.32 Å². The van der Waals surface area contributed by atoms with Crippen LogP contribution in [-0.2, 0) is 9.59 Å². The van der Waals surface area contributed by atoms with Gasteiger partial charge in [-0.15, -0.1) is 0 Å². The summed E-state index contributed by atoms with van der Waals surface area (Å²) in [4.78, 5) is 26.8. The van der Waals surface area contributed by atoms with Crippen LogP contribution >= 0.6 is 0 Å². The number of hydrogen-bond acceptors (Lipinski definition) is 3. The number of hydrogen-bond donors (Lipinski definition) is 2. The van der Waals surface area contributed by atoms with E-state index in [0.29, 0.717) is 18.7 Å². The van der Waals surface area contributed by atoms with Gasteiger partial charge in [-0.3, -0.25) is 9.59 Å². The van der Waals surface area contributed by atoms with Crippen LogP contribution in [0.2, 0.25) is 0 Å². The van der Waals surface area contributed by atoms with E-state index in [2.05, 4.69) is 10.3 Å². The van der Waals surface area contributed by atoms with Crippen LogP contribution in [0.15, 0.2) is 4.99 Å². The largest absolute Gasteiger partial charge is 0.321 e. The Morgan fingerprint density at radius 2 is 2.13 bits per heavy atom. The number of amidine groups is 1. The van der Waals surface area contributed by atoms with E-state index >= 15 is 0 Å². The number of aliphatic imine (C=N–C) groups is 1. The Kier molecular flexibility index (Phi) is 3.96. The molecule has 0 fully saturated rings. The van der Waals surface area contributed by atoms with Crippen molar-refractivity contribution in [2.45, 2.75) is 39.2 Å². The minimum Gasteiger partial charge on any atom is -0.321 e. The van der Waals surface area contributed by atoms with E-state index in [4.69, 9.17) is 5.73 Å². The van der Waals surface area contributed by atoms with Crippen molar-refractivity contribution in [3.8, 4) is 0 Å². The van der Waals surface area contributed by atoms with E-state index in [9.17, 15) is 9.59 Å². The zero-order valence-electron chi connectivity index (χ0n) is 9.12. The molecule has 3 N–H and O–H groups in total. The molecule has 0 aliphatic carbocycles. The maximum absolute atomic E-state index is 11.5. The molecule has 1 rings (SSSR count). The Bertz CT molecular complexity index is 299. The lowest BCUT2D eigenvalue weighted by Gasteiger charge is -2.22. The highest BCUT2D eigenvalue weighted by atomic mass is 16.2. The first kappa shape index (κ1) is 11.8. The monoisotopic (exact) mass is 211 g/mol. The molecule has 1 aliphatic rings. The molecule has 0 saturated carbocycles. The van der Waals surface area contributed by atoms with E-state index in [1.54, 1.807) is 6.92 Å². The fourth-order valence-electron chi connectivity index (χ4n) is 1.53. The average molecular weight is 211 g/mol. The average Bonchev–Trinajstić information content (AvgIpc) is 2.17. The predicted octanol–water partition coefficient (Wildman–Crippen LogP) is 0.195. The summed E-state index contributed by atoms with van der Waals surface area (Å²) in [5.41, 5.74) is 5.77. The van der Waals surface area contributed by atoms with Gasteiger partial charge in [0.25, 0.3) is 5.91 Å². The molecular formula is C10H17N3O2. The fraction of sp³-hybridized carbons (Fsp3) is 0.700. The molecule has 1 heterocycles. The van der Waals surface area contributed by atoms with Crippen molar-refractivity contribution in [3.05, 3.63) is 0 Å². The number of nitrogens with one attached hydrogen (secondary N) is 1. The normalized spacial score (nSPS) is 23.4. The lowest BCUT2D eigenvalue weighted by atomic mass is 10.0. The van der Waals surface area contributed by atoms with Crippen LogP contribution < -0.4 is 11.1 Å². The van der Waals surface area contributed by atoms with E-state index in [1.165, 1.54) is 0 Å². The van der Waals surface area contributed by atoms with Crippen LogP contribution in [0.5, 0.6) is 0 Å². The summed E-state index contributed by atoms with van der Waals surface area (Å²) in [6.07, 6.45) is 2.08. The van der Waals surface area contributed by atoms with Gasteiger partial charge in [-0.2, -0.15) is 4.99 Å². The summed E-state index contributed by atoms with van der Waals surface area (Å²) in [5, 5.41) is 2.60. The van der Waals surface area contributed by atoms with Crippen LogP contribution in [0.3, 0.4) is 0 Å². The Hall–Kier alpha value is -1.23. The quantitative estimate of drug-likeness (QED) is 0.651. The maximum atomic E-state index is 11.5. The minimum atomic E-state index is -0.637. The third kappa shape index (κ3) is 2.62. The summed E-state index contributed by atoms with van der Waals surface area (Å²) < 4.78 is 0. The van der Waals surface area contributed by atoms with Crippen molar-refractivity contribution in [2.24, 2.45) is 16.6 Å². The highest BCUT2D eigenvalue weighted by Gasteiger charge is 2.31. The second-order valence-corrected chi connectivity index (χ2v) is 3.68. The Morgan fingerprint density at radius 1 is 1.47 bits per heavy atom. The Morgan fingerprint density at radius 3 is 2.60 bits per heavy atom. The van der Waals surface area contributed by atoms with Gasteiger partial charge in [0, 0.05) is 0 Å². The van der Waals surface area contributed by atoms with E-state index < -0.39 is 5.92 Å². The van der Waals surface area contributed by atoms with Gasteiger partial charge in [0.1, 0.15) is 11.8 Å². The fourth-order valence-corrected chi connectivity index (χ4v) is 1.53. The molecule has 84 valence electrons. The molecule has 2 amide bonds. The van der Waals surface area contributed by atoms with Crippen molar-refractivity contribution in [1.29, 1.82) is 0 Å². The summed E-state index contributed by atoms with van der Waals surface area (Å²) in [6, 6.07) is -0.347. The highest BCUT2D eigenvalue weighted by Crippen LogP contribution is 2.11. The second-order valence-electron chi connectivity index (χ2n) is 3.68. The SMILES string of the molecule is CCCC(N)C1=NC(=O)C(CC)C(=O)N1. The molecule has 0 radical (unpaired) electrons. The zero-order chi connectivity index (χ0) is 11.4. The van der Waals surface area contributed by atoms with Gasteiger partial charge >= 0.3 is 0 Å². The van der Waals surface area contributed by atoms with Gasteiger partial charge in [-0.05, 0) is 12.8 Å². The van der Waals surface area contributed by atoms with E-state index in [-0.39, 0.29) is 17.9 Å². The van der Waals surface area contributed by atoms with Crippen LogP contribution in [-0.4, -0.2) is 23.7 Å². The van der Waals surface area contributed by atoms with Gasteiger partial charge in [0.15, 0.2) is 0 Å². The maximum Gasteiger partial charge on any atom is 0.259 e. The number of nitrogens with zero attached hydrogens (tertiary/aromatic N) is 1. The topological polar surface area (TPSA) is 84.5 Å². The molecule has 5 heteroatoms. The molecule has 0 bridgehead atoms. The number of nitrogens with two attached hydrogens (primary N) is 1. The molecule has 0 aromatic rings. The van der Waals surface area contributed by atoms with Crippen LogP contribution in [0.4, 0.5) is 0 Å². The predicted molar refractivity (Wildman–Crippen MR) is 57.2 cm³/mol. The van der Waals surface area contributed by atoms with Crippen LogP contribution in [0, 0.1) is 5.92 Å². The highest BCUT2D eigenvalue weighted by molar-refractivity contribution is 6.17. The standard InChI is InChI=1S/C10H17N3O2/c1-3-5-7(11)8-12-9(14)6(4-2)10(15)13-8/h6-7H,3-5,11H2,1-2H3,(H,12,13,14,15). The van der Waals surface area contributed by atoms with Crippen LogP contribution in [0.1, 0.15) is 33.1 Å². The van der Waals surface area contributed by atoms with Gasteiger partial charge in [0.05, 0.1) is 6.04 Å². The molecule has 0 saturated heterocycles. The van der Waals surface area contributed by atoms with Crippen molar-refractivity contribution in [3.63, 3.8) is 0 Å². The summed E-state index contributed by atoms with van der Waals surface area (Å²) in [6.45, 7) is 3.77. The number of amides is 2. The molecular weight excluding hydrogens is 194 g/mol. The van der Waals surface area contributed by atoms with E-state index in [1.807, 2.05) is 6.92 Å². The second kappa shape index (κ2) is 5.02. The van der Waals surface area contributed by atoms with Gasteiger partial charge in [-0.25, -0.2) is 0 Å². The third-order valence-corrected chi connectivity index (χ3v) is 2.46. The molecule has 2 unspecified atom stereocenters. The van der Waals surface area contributed by atoms with Gasteiger partial charge < -0.3 is 11.1 Å². The zero-order valence-corrected chi connectivity index (χ0v) is 9.12. The van der Waals surface area contributed by atoms with Crippen molar-refractivity contribution in [2.75, 3.05) is 0 Å². The third-order valence-electron chi connectivity index (χ3n) is 2.46. The summed E-state index contributed by atoms with van der Waals surface area (Å²) in [5.74, 6) is -0.971. The lowest BCUT2D eigenvalue weighted by Crippen LogP contribution is -2.50. The Balaban J connectivity index is 2.78. The number of rotatable bonds is 4. The Labute approximate surface area is 89.1 Å². The van der Waals surface area contributed by atoms with Crippen molar-refractivity contribution >= 4 is 17.6 Å². The van der Waals surface area contributed by atoms with E-state index in [0.717, 1.165) is 6.42 Å². The lowest BCUT2D eigenvalue weighted by molar-refractivity contribution is -0.133. The molecule has 0 aromatic carbocycles.